The number of para-hydroxylation sites is 2. The summed E-state index contributed by atoms with van der Waals surface area (Å²) in [5.74, 6) is 0. The van der Waals surface area contributed by atoms with Gasteiger partial charge in [-0.05, 0) is 43.7 Å². The summed E-state index contributed by atoms with van der Waals surface area (Å²) in [5, 5.41) is 7.96. The van der Waals surface area contributed by atoms with Gasteiger partial charge in [-0.2, -0.15) is 0 Å². The van der Waals surface area contributed by atoms with Crippen molar-refractivity contribution in [2.75, 3.05) is 12.4 Å². The smallest absolute Gasteiger partial charge is 0.321 e. The van der Waals surface area contributed by atoms with Crippen molar-refractivity contribution in [2.24, 2.45) is 5.14 Å². The van der Waals surface area contributed by atoms with Gasteiger partial charge in [0.25, 0.3) is 0 Å². The molecule has 0 aliphatic carbocycles. The van der Waals surface area contributed by atoms with E-state index in [0.717, 1.165) is 5.56 Å². The first kappa shape index (κ1) is 21.3. The molecule has 4 N–H and O–H groups in total. The Morgan fingerprint density at radius 3 is 2.37 bits per heavy atom. The molecule has 0 fully saturated rings. The minimum absolute atomic E-state index is 0.00629. The van der Waals surface area contributed by atoms with Crippen LogP contribution in [0.5, 0.6) is 0 Å². The number of hydrogen-bond donors (Lipinski definition) is 3. The zero-order chi connectivity index (χ0) is 22.1. The Morgan fingerprint density at radius 2 is 1.80 bits per heavy atom. The van der Waals surface area contributed by atoms with Gasteiger partial charge < -0.3 is 15.2 Å². The van der Waals surface area contributed by atoms with Crippen molar-refractivity contribution in [1.82, 2.24) is 14.5 Å². The van der Waals surface area contributed by atoms with Crippen LogP contribution in [0.2, 0.25) is 0 Å². The van der Waals surface area contributed by atoms with E-state index in [1.54, 1.807) is 56.6 Å². The number of benzene rings is 2. The monoisotopic (exact) mass is 429 g/mol. The van der Waals surface area contributed by atoms with Crippen LogP contribution < -0.4 is 16.1 Å². The molecule has 10 heteroatoms. The molecule has 0 aliphatic rings. The number of hydrogen-bond acceptors (Lipinski definition) is 4. The molecule has 1 aromatic heterocycles. The van der Waals surface area contributed by atoms with E-state index in [1.165, 1.54) is 21.6 Å². The molecular formula is C20H23N5O4S. The number of aromatic amines is 1. The van der Waals surface area contributed by atoms with E-state index in [0.29, 0.717) is 17.1 Å². The normalized spacial score (nSPS) is 12.4. The number of nitrogens with two attached hydrogens (primary N) is 1. The number of urea groups is 1. The number of rotatable bonds is 5. The number of aryl methyl sites for hydroxylation is 1. The molecule has 0 bridgehead atoms. The standard InChI is InChI=1S/C20H23N5O4S/c1-13-12-22-19(26)25(13)18-7-5-4-6-17(18)23-20(27)24(3)14(2)15-8-10-16(11-9-15)30(21,28)29/h4-12,14H,1-3H3,(H,22,26)(H,23,27)(H2,21,28,29). The van der Waals surface area contributed by atoms with Gasteiger partial charge in [-0.15, -0.1) is 0 Å². The molecule has 2 aromatic carbocycles. The summed E-state index contributed by atoms with van der Waals surface area (Å²) in [6.07, 6.45) is 1.60. The number of nitrogens with one attached hydrogen (secondary N) is 2. The Balaban J connectivity index is 1.82. The first-order valence-corrected chi connectivity index (χ1v) is 10.7. The fraction of sp³-hybridized carbons (Fsp3) is 0.200. The highest BCUT2D eigenvalue weighted by Gasteiger charge is 2.20. The summed E-state index contributed by atoms with van der Waals surface area (Å²) in [7, 11) is -2.15. The van der Waals surface area contributed by atoms with Gasteiger partial charge in [-0.25, -0.2) is 23.1 Å². The first-order valence-electron chi connectivity index (χ1n) is 9.12. The van der Waals surface area contributed by atoms with Gasteiger partial charge in [0.15, 0.2) is 0 Å². The maximum absolute atomic E-state index is 12.8. The lowest BCUT2D eigenvalue weighted by atomic mass is 10.1. The van der Waals surface area contributed by atoms with E-state index in [2.05, 4.69) is 10.3 Å². The lowest BCUT2D eigenvalue weighted by Gasteiger charge is -2.26. The molecule has 0 saturated heterocycles. The molecule has 30 heavy (non-hydrogen) atoms. The Kier molecular flexibility index (Phi) is 5.81. The van der Waals surface area contributed by atoms with E-state index in [1.807, 2.05) is 6.92 Å². The second-order valence-corrected chi connectivity index (χ2v) is 8.48. The van der Waals surface area contributed by atoms with E-state index in [9.17, 15) is 18.0 Å². The second kappa shape index (κ2) is 8.17. The van der Waals surface area contributed by atoms with Crippen LogP contribution in [0.15, 0.2) is 64.4 Å². The number of nitrogens with zero attached hydrogens (tertiary/aromatic N) is 2. The van der Waals surface area contributed by atoms with Crippen LogP contribution in [0, 0.1) is 6.92 Å². The molecule has 3 aromatic rings. The molecular weight excluding hydrogens is 406 g/mol. The fourth-order valence-corrected chi connectivity index (χ4v) is 3.58. The highest BCUT2D eigenvalue weighted by molar-refractivity contribution is 7.89. The number of primary sulfonamides is 1. The molecule has 0 spiro atoms. The molecule has 0 aliphatic heterocycles. The minimum atomic E-state index is -3.78. The van der Waals surface area contributed by atoms with Crippen LogP contribution >= 0.6 is 0 Å². The number of imidazole rings is 1. The van der Waals surface area contributed by atoms with E-state index >= 15 is 0 Å². The van der Waals surface area contributed by atoms with Crippen LogP contribution in [-0.4, -0.2) is 35.9 Å². The fourth-order valence-electron chi connectivity index (χ4n) is 3.07. The summed E-state index contributed by atoms with van der Waals surface area (Å²) in [4.78, 5) is 29.1. The van der Waals surface area contributed by atoms with Gasteiger partial charge in [0.05, 0.1) is 22.3 Å². The number of carbonyl (C=O) groups is 1. The highest BCUT2D eigenvalue weighted by Crippen LogP contribution is 2.24. The number of carbonyl (C=O) groups excluding carboxylic acids is 1. The van der Waals surface area contributed by atoms with Gasteiger partial charge in [-0.3, -0.25) is 4.57 Å². The van der Waals surface area contributed by atoms with E-state index < -0.39 is 10.0 Å². The zero-order valence-corrected chi connectivity index (χ0v) is 17.6. The van der Waals surface area contributed by atoms with Gasteiger partial charge in [-0.1, -0.05) is 24.3 Å². The topological polar surface area (TPSA) is 130 Å². The predicted molar refractivity (Wildman–Crippen MR) is 114 cm³/mol. The Morgan fingerprint density at radius 1 is 1.17 bits per heavy atom. The Labute approximate surface area is 174 Å². The number of sulfonamides is 1. The van der Waals surface area contributed by atoms with Crippen LogP contribution in [-0.2, 0) is 10.0 Å². The van der Waals surface area contributed by atoms with Crippen molar-refractivity contribution in [2.45, 2.75) is 24.8 Å². The third-order valence-corrected chi connectivity index (χ3v) is 5.87. The van der Waals surface area contributed by atoms with Crippen molar-refractivity contribution in [3.05, 3.63) is 76.5 Å². The molecule has 9 nitrogen and oxygen atoms in total. The van der Waals surface area contributed by atoms with Crippen LogP contribution in [0.4, 0.5) is 10.5 Å². The first-order chi connectivity index (χ1) is 14.1. The van der Waals surface area contributed by atoms with Crippen molar-refractivity contribution in [1.29, 1.82) is 0 Å². The van der Waals surface area contributed by atoms with Gasteiger partial charge in [0.2, 0.25) is 10.0 Å². The molecule has 3 rings (SSSR count). The molecule has 2 amide bonds. The van der Waals surface area contributed by atoms with E-state index in [4.69, 9.17) is 5.14 Å². The third kappa shape index (κ3) is 4.29. The zero-order valence-electron chi connectivity index (χ0n) is 16.8. The number of H-pyrrole nitrogens is 1. The Hall–Kier alpha value is -3.37. The average Bonchev–Trinajstić information content (AvgIpc) is 3.04. The second-order valence-electron chi connectivity index (χ2n) is 6.92. The largest absolute Gasteiger partial charge is 0.330 e. The maximum Gasteiger partial charge on any atom is 0.330 e. The number of anilines is 1. The molecule has 1 atom stereocenters. The maximum atomic E-state index is 12.8. The van der Waals surface area contributed by atoms with Crippen molar-refractivity contribution < 1.29 is 13.2 Å². The molecule has 158 valence electrons. The van der Waals surface area contributed by atoms with Gasteiger partial charge in [0.1, 0.15) is 0 Å². The van der Waals surface area contributed by atoms with Crippen LogP contribution in [0.3, 0.4) is 0 Å². The molecule has 1 heterocycles. The highest BCUT2D eigenvalue weighted by atomic mass is 32.2. The van der Waals surface area contributed by atoms with Crippen LogP contribution in [0.1, 0.15) is 24.2 Å². The predicted octanol–water partition coefficient (Wildman–Crippen LogP) is 2.35. The average molecular weight is 430 g/mol. The summed E-state index contributed by atoms with van der Waals surface area (Å²) in [5.41, 5.74) is 2.18. The molecule has 0 saturated carbocycles. The lowest BCUT2D eigenvalue weighted by molar-refractivity contribution is 0.208. The van der Waals surface area contributed by atoms with Crippen molar-refractivity contribution in [3.63, 3.8) is 0 Å². The quantitative estimate of drug-likeness (QED) is 0.575. The summed E-state index contributed by atoms with van der Waals surface area (Å²) in [6.45, 7) is 3.61. The third-order valence-electron chi connectivity index (χ3n) is 4.94. The van der Waals surface area contributed by atoms with Crippen molar-refractivity contribution >= 4 is 21.7 Å². The van der Waals surface area contributed by atoms with E-state index in [-0.39, 0.29) is 22.7 Å². The number of aromatic nitrogens is 2. The SMILES string of the molecule is Cc1c[nH]c(=O)n1-c1ccccc1NC(=O)N(C)C(C)c1ccc(S(N)(=O)=O)cc1. The van der Waals surface area contributed by atoms with Crippen LogP contribution in [0.25, 0.3) is 5.69 Å². The molecule has 1 unspecified atom stereocenters. The Bertz CT molecular complexity index is 1230. The van der Waals surface area contributed by atoms with Crippen molar-refractivity contribution in [3.8, 4) is 5.69 Å². The van der Waals surface area contributed by atoms with Gasteiger partial charge in [0, 0.05) is 18.9 Å². The summed E-state index contributed by atoms with van der Waals surface area (Å²) >= 11 is 0. The summed E-state index contributed by atoms with van der Waals surface area (Å²) < 4.78 is 24.3. The summed E-state index contributed by atoms with van der Waals surface area (Å²) in [6, 6.07) is 12.3. The van der Waals surface area contributed by atoms with Gasteiger partial charge >= 0.3 is 11.7 Å². The minimum Gasteiger partial charge on any atom is -0.321 e. The number of amides is 2. The molecule has 0 radical (unpaired) electrons. The lowest BCUT2D eigenvalue weighted by Crippen LogP contribution is -2.34.